The summed E-state index contributed by atoms with van der Waals surface area (Å²) in [5.74, 6) is 0.765. The molecule has 0 fully saturated rings. The lowest BCUT2D eigenvalue weighted by Crippen LogP contribution is -2.33. The second kappa shape index (κ2) is 6.27. The first-order valence-electron chi connectivity index (χ1n) is 6.14. The van der Waals surface area contributed by atoms with Crippen molar-refractivity contribution in [2.45, 2.75) is 32.6 Å². The molecule has 0 aliphatic heterocycles. The van der Waals surface area contributed by atoms with Crippen molar-refractivity contribution < 1.29 is 4.74 Å². The maximum Gasteiger partial charge on any atom is 0.137 e. The number of rotatable bonds is 6. The van der Waals surface area contributed by atoms with E-state index >= 15 is 0 Å². The standard InChI is InChI=1S/C14H22ClNO/c1-5-14(3,10-16-4)11-7-8-13(17-6-2)12(15)9-11/h7-9,16H,5-6,10H2,1-4H3. The van der Waals surface area contributed by atoms with E-state index < -0.39 is 0 Å². The van der Waals surface area contributed by atoms with Crippen LogP contribution in [0.2, 0.25) is 5.02 Å². The smallest absolute Gasteiger partial charge is 0.137 e. The summed E-state index contributed by atoms with van der Waals surface area (Å²) in [6, 6.07) is 6.09. The van der Waals surface area contributed by atoms with Crippen LogP contribution in [0.25, 0.3) is 0 Å². The SMILES string of the molecule is CCOc1ccc(C(C)(CC)CNC)cc1Cl. The van der Waals surface area contributed by atoms with Crippen LogP contribution >= 0.6 is 11.6 Å². The lowest BCUT2D eigenvalue weighted by Gasteiger charge is -2.29. The molecule has 1 N–H and O–H groups in total. The van der Waals surface area contributed by atoms with Crippen molar-refractivity contribution in [3.63, 3.8) is 0 Å². The summed E-state index contributed by atoms with van der Waals surface area (Å²) < 4.78 is 5.45. The molecule has 0 spiro atoms. The van der Waals surface area contributed by atoms with Crippen LogP contribution in [0.3, 0.4) is 0 Å². The summed E-state index contributed by atoms with van der Waals surface area (Å²) >= 11 is 6.23. The monoisotopic (exact) mass is 255 g/mol. The number of likely N-dealkylation sites (N-methyl/N-ethyl adjacent to an activating group) is 1. The van der Waals surface area contributed by atoms with Gasteiger partial charge < -0.3 is 10.1 Å². The van der Waals surface area contributed by atoms with E-state index in [0.29, 0.717) is 11.6 Å². The highest BCUT2D eigenvalue weighted by Gasteiger charge is 2.24. The molecule has 0 saturated heterocycles. The van der Waals surface area contributed by atoms with Crippen LogP contribution in [0.15, 0.2) is 18.2 Å². The largest absolute Gasteiger partial charge is 0.492 e. The zero-order valence-electron chi connectivity index (χ0n) is 11.1. The van der Waals surface area contributed by atoms with Crippen LogP contribution in [0, 0.1) is 0 Å². The highest BCUT2D eigenvalue weighted by atomic mass is 35.5. The molecule has 2 nitrogen and oxygen atoms in total. The molecule has 0 heterocycles. The molecular formula is C14H22ClNO. The minimum atomic E-state index is 0.114. The molecule has 1 unspecified atom stereocenters. The summed E-state index contributed by atoms with van der Waals surface area (Å²) in [7, 11) is 1.98. The number of hydrogen-bond acceptors (Lipinski definition) is 2. The minimum Gasteiger partial charge on any atom is -0.492 e. The van der Waals surface area contributed by atoms with E-state index in [2.05, 4.69) is 25.2 Å². The van der Waals surface area contributed by atoms with Crippen molar-refractivity contribution in [3.05, 3.63) is 28.8 Å². The Morgan fingerprint density at radius 2 is 2.06 bits per heavy atom. The zero-order valence-corrected chi connectivity index (χ0v) is 11.9. The summed E-state index contributed by atoms with van der Waals surface area (Å²) in [6.45, 7) is 7.98. The van der Waals surface area contributed by atoms with Crippen LogP contribution in [0.1, 0.15) is 32.8 Å². The summed E-state index contributed by atoms with van der Waals surface area (Å²) in [6.07, 6.45) is 1.07. The second-order valence-corrected chi connectivity index (χ2v) is 4.93. The third kappa shape index (κ3) is 3.36. The highest BCUT2D eigenvalue weighted by Crippen LogP contribution is 2.33. The topological polar surface area (TPSA) is 21.3 Å². The third-order valence-corrected chi connectivity index (χ3v) is 3.57. The van der Waals surface area contributed by atoms with Gasteiger partial charge in [-0.05, 0) is 38.1 Å². The molecule has 0 amide bonds. The van der Waals surface area contributed by atoms with Crippen molar-refractivity contribution in [2.75, 3.05) is 20.2 Å². The molecule has 96 valence electrons. The highest BCUT2D eigenvalue weighted by molar-refractivity contribution is 6.32. The van der Waals surface area contributed by atoms with Crippen molar-refractivity contribution >= 4 is 11.6 Å². The maximum absolute atomic E-state index is 6.23. The molecular weight excluding hydrogens is 234 g/mol. The Hall–Kier alpha value is -0.730. The zero-order chi connectivity index (χ0) is 12.9. The van der Waals surface area contributed by atoms with E-state index in [1.807, 2.05) is 26.1 Å². The van der Waals surface area contributed by atoms with Crippen LogP contribution in [-0.2, 0) is 5.41 Å². The molecule has 3 heteroatoms. The van der Waals surface area contributed by atoms with Crippen molar-refractivity contribution in [3.8, 4) is 5.75 Å². The van der Waals surface area contributed by atoms with Gasteiger partial charge in [0, 0.05) is 12.0 Å². The van der Waals surface area contributed by atoms with Gasteiger partial charge in [0.15, 0.2) is 0 Å². The van der Waals surface area contributed by atoms with Gasteiger partial charge in [0.25, 0.3) is 0 Å². The van der Waals surface area contributed by atoms with Crippen molar-refractivity contribution in [1.29, 1.82) is 0 Å². The van der Waals surface area contributed by atoms with E-state index in [1.165, 1.54) is 5.56 Å². The molecule has 0 saturated carbocycles. The molecule has 1 atom stereocenters. The second-order valence-electron chi connectivity index (χ2n) is 4.52. The molecule has 1 aromatic rings. The fraction of sp³-hybridized carbons (Fsp3) is 0.571. The third-order valence-electron chi connectivity index (χ3n) is 3.28. The molecule has 1 rings (SSSR count). The van der Waals surface area contributed by atoms with E-state index in [0.717, 1.165) is 18.7 Å². The van der Waals surface area contributed by atoms with Crippen LogP contribution in [0.5, 0.6) is 5.75 Å². The first-order chi connectivity index (χ1) is 8.07. The fourth-order valence-corrected chi connectivity index (χ4v) is 2.21. The van der Waals surface area contributed by atoms with Gasteiger partial charge in [-0.15, -0.1) is 0 Å². The summed E-state index contributed by atoms with van der Waals surface area (Å²) in [5, 5.41) is 3.94. The Bertz CT molecular complexity index is 367. The Balaban J connectivity index is 3.02. The van der Waals surface area contributed by atoms with Crippen LogP contribution < -0.4 is 10.1 Å². The Morgan fingerprint density at radius 1 is 1.35 bits per heavy atom. The number of ether oxygens (including phenoxy) is 1. The molecule has 0 aliphatic carbocycles. The number of nitrogens with one attached hydrogen (secondary N) is 1. The maximum atomic E-state index is 6.23. The van der Waals surface area contributed by atoms with Gasteiger partial charge in [-0.1, -0.05) is 31.5 Å². The van der Waals surface area contributed by atoms with Crippen LogP contribution in [-0.4, -0.2) is 20.2 Å². The van der Waals surface area contributed by atoms with Gasteiger partial charge in [0.05, 0.1) is 11.6 Å². The lowest BCUT2D eigenvalue weighted by atomic mass is 9.80. The van der Waals surface area contributed by atoms with E-state index in [9.17, 15) is 0 Å². The molecule has 0 aliphatic rings. The molecule has 0 bridgehead atoms. The number of benzene rings is 1. The fourth-order valence-electron chi connectivity index (χ4n) is 1.97. The minimum absolute atomic E-state index is 0.114. The van der Waals surface area contributed by atoms with Crippen molar-refractivity contribution in [1.82, 2.24) is 5.32 Å². The van der Waals surface area contributed by atoms with Gasteiger partial charge in [0.2, 0.25) is 0 Å². The van der Waals surface area contributed by atoms with E-state index in [1.54, 1.807) is 0 Å². The summed E-state index contributed by atoms with van der Waals surface area (Å²) in [4.78, 5) is 0. The average Bonchev–Trinajstić information content (AvgIpc) is 2.32. The van der Waals surface area contributed by atoms with Gasteiger partial charge >= 0.3 is 0 Å². The first-order valence-corrected chi connectivity index (χ1v) is 6.52. The molecule has 17 heavy (non-hydrogen) atoms. The Labute approximate surface area is 109 Å². The predicted octanol–water partition coefficient (Wildman–Crippen LogP) is 3.63. The van der Waals surface area contributed by atoms with E-state index in [4.69, 9.17) is 16.3 Å². The Kier molecular flexibility index (Phi) is 5.29. The first kappa shape index (κ1) is 14.3. The summed E-state index contributed by atoms with van der Waals surface area (Å²) in [5.41, 5.74) is 1.37. The quantitative estimate of drug-likeness (QED) is 0.838. The van der Waals surface area contributed by atoms with Gasteiger partial charge in [0.1, 0.15) is 5.75 Å². The van der Waals surface area contributed by atoms with Crippen molar-refractivity contribution in [2.24, 2.45) is 0 Å². The van der Waals surface area contributed by atoms with Gasteiger partial charge in [-0.2, -0.15) is 0 Å². The van der Waals surface area contributed by atoms with Gasteiger partial charge in [-0.25, -0.2) is 0 Å². The Morgan fingerprint density at radius 3 is 2.53 bits per heavy atom. The normalized spacial score (nSPS) is 14.4. The van der Waals surface area contributed by atoms with Gasteiger partial charge in [-0.3, -0.25) is 0 Å². The van der Waals surface area contributed by atoms with Crippen LogP contribution in [0.4, 0.5) is 0 Å². The number of hydrogen-bond donors (Lipinski definition) is 1. The molecule has 0 aromatic heterocycles. The molecule has 1 aromatic carbocycles. The number of halogens is 1. The molecule has 0 radical (unpaired) electrons. The predicted molar refractivity (Wildman–Crippen MR) is 74.2 cm³/mol. The lowest BCUT2D eigenvalue weighted by molar-refractivity contribution is 0.340. The average molecular weight is 256 g/mol. The van der Waals surface area contributed by atoms with E-state index in [-0.39, 0.29) is 5.41 Å².